The number of hydrogen-bond donors (Lipinski definition) is 0. The van der Waals surface area contributed by atoms with Crippen LogP contribution in [0.2, 0.25) is 0 Å². The van der Waals surface area contributed by atoms with Crippen molar-refractivity contribution in [2.24, 2.45) is 0 Å². The molecule has 0 fully saturated rings. The Morgan fingerprint density at radius 1 is 0.196 bits per heavy atom. The molecule has 0 aliphatic heterocycles. The summed E-state index contributed by atoms with van der Waals surface area (Å²) in [5.41, 5.74) is 20.1. The van der Waals surface area contributed by atoms with Crippen molar-refractivity contribution in [3.8, 4) is 77.9 Å². The molecule has 0 bridgehead atoms. The number of aryl methyl sites for hydroxylation is 1. The predicted molar refractivity (Wildman–Crippen MR) is 413 cm³/mol. The first-order chi connectivity index (χ1) is 47.9. The van der Waals surface area contributed by atoms with Crippen LogP contribution in [0.25, 0.3) is 186 Å². The third-order valence-electron chi connectivity index (χ3n) is 20.7. The van der Waals surface area contributed by atoms with Crippen molar-refractivity contribution in [1.82, 2.24) is 0 Å². The molecule has 0 aliphatic rings. The lowest BCUT2D eigenvalue weighted by molar-refractivity contribution is 0.628. The second-order valence-electron chi connectivity index (χ2n) is 26.4. The molecule has 0 saturated carbocycles. The van der Waals surface area contributed by atoms with Gasteiger partial charge in [0.05, 0.1) is 0 Å². The SMILES string of the molecule is Cc1ccc2ccc(-c3c4ccccc4c(-c4ccc5cc(Cc6cc(-c7c8ccccc8c(-c8ccccc8-c8ccc(F)cc8)c8ccc(-c9cccc%10ccccc9%10)cc78)c7ccccc7c6)ccc5c4)c4ccc(-c5cccc6c5ccc5ccccc56)cc34)cc2c1. The molecule has 0 unspecified atom stereocenters. The molecule has 0 nitrogen and oxygen atoms in total. The van der Waals surface area contributed by atoms with Crippen molar-refractivity contribution in [1.29, 1.82) is 0 Å². The molecular formula is C96H61F. The summed E-state index contributed by atoms with van der Waals surface area (Å²) in [6.07, 6.45) is 0.746. The van der Waals surface area contributed by atoms with Gasteiger partial charge >= 0.3 is 0 Å². The Balaban J connectivity index is 0.761. The lowest BCUT2D eigenvalue weighted by atomic mass is 9.81. The number of rotatable bonds is 9. The molecule has 0 heterocycles. The van der Waals surface area contributed by atoms with Gasteiger partial charge in [-0.3, -0.25) is 0 Å². The van der Waals surface area contributed by atoms with Crippen molar-refractivity contribution in [2.45, 2.75) is 13.3 Å². The monoisotopic (exact) mass is 1230 g/mol. The molecule has 0 spiro atoms. The fourth-order valence-corrected chi connectivity index (χ4v) is 16.2. The molecular weight excluding hydrogens is 1170 g/mol. The Morgan fingerprint density at radius 3 is 1.34 bits per heavy atom. The third-order valence-corrected chi connectivity index (χ3v) is 20.7. The van der Waals surface area contributed by atoms with Crippen LogP contribution in [0.1, 0.15) is 16.7 Å². The average Bonchev–Trinajstić information content (AvgIpc) is 0.738. The number of benzene rings is 19. The summed E-state index contributed by atoms with van der Waals surface area (Å²) in [5, 5.41) is 24.4. The molecule has 0 N–H and O–H groups in total. The largest absolute Gasteiger partial charge is 0.207 e. The normalized spacial score (nSPS) is 11.9. The minimum Gasteiger partial charge on any atom is -0.207 e. The van der Waals surface area contributed by atoms with E-state index in [1.165, 1.54) is 164 Å². The van der Waals surface area contributed by atoms with Crippen LogP contribution in [0, 0.1) is 12.7 Å². The summed E-state index contributed by atoms with van der Waals surface area (Å²) < 4.78 is 14.6. The predicted octanol–water partition coefficient (Wildman–Crippen LogP) is 26.9. The smallest absolute Gasteiger partial charge is 0.123 e. The molecule has 19 rings (SSSR count). The van der Waals surface area contributed by atoms with Crippen LogP contribution >= 0.6 is 0 Å². The molecule has 0 aromatic heterocycles. The topological polar surface area (TPSA) is 0 Å². The Hall–Kier alpha value is -12.3. The molecule has 0 aliphatic carbocycles. The zero-order chi connectivity index (χ0) is 64.2. The Kier molecular flexibility index (Phi) is 13.2. The second-order valence-corrected chi connectivity index (χ2v) is 26.4. The van der Waals surface area contributed by atoms with Crippen molar-refractivity contribution < 1.29 is 4.39 Å². The first-order valence-electron chi connectivity index (χ1n) is 33.7. The van der Waals surface area contributed by atoms with E-state index in [0.717, 1.165) is 45.0 Å². The van der Waals surface area contributed by atoms with E-state index < -0.39 is 0 Å². The van der Waals surface area contributed by atoms with Crippen molar-refractivity contribution in [3.63, 3.8) is 0 Å². The lowest BCUT2D eigenvalue weighted by Crippen LogP contribution is -1.96. The minimum atomic E-state index is -0.248. The van der Waals surface area contributed by atoms with Gasteiger partial charge in [0, 0.05) is 0 Å². The summed E-state index contributed by atoms with van der Waals surface area (Å²) in [6, 6.07) is 125. The molecule has 0 radical (unpaired) electrons. The summed E-state index contributed by atoms with van der Waals surface area (Å²) >= 11 is 0. The van der Waals surface area contributed by atoms with Gasteiger partial charge in [0.15, 0.2) is 0 Å². The van der Waals surface area contributed by atoms with Gasteiger partial charge in [-0.25, -0.2) is 4.39 Å². The van der Waals surface area contributed by atoms with E-state index in [9.17, 15) is 4.39 Å². The Morgan fingerprint density at radius 2 is 0.619 bits per heavy atom. The zero-order valence-electron chi connectivity index (χ0n) is 53.4. The molecule has 452 valence electrons. The van der Waals surface area contributed by atoms with Gasteiger partial charge < -0.3 is 0 Å². The van der Waals surface area contributed by atoms with Crippen LogP contribution in [0.15, 0.2) is 340 Å². The summed E-state index contributed by atoms with van der Waals surface area (Å²) in [5.74, 6) is -0.248. The standard InChI is InChI=1S/C96H61F/c1-59-32-34-62-36-38-72(56-73(62)50-59)94-85-26-11-10-25-84(85)93(88-48-43-70(57-91(88)94)79-30-15-31-81-76-21-6-3-17-64(76)42-47-82(79)81)71-39-37-66-52-60(33-35-67(66)55-71)51-61-53-68-18-4-7-23-80(68)90(54-61)96-87-28-13-12-27-86(87)95(83-24-9-8-22-77(83)65-40-45-74(97)46-41-65)89-49-44-69(58-92(89)96)78-29-14-19-63-16-2-5-20-75(63)78/h2-50,52-58H,51H2,1H3. The maximum Gasteiger partial charge on any atom is 0.123 e. The number of fused-ring (bicyclic) bond motifs is 11. The second kappa shape index (κ2) is 22.7. The third kappa shape index (κ3) is 9.49. The van der Waals surface area contributed by atoms with E-state index in [2.05, 4.69) is 322 Å². The maximum atomic E-state index is 14.6. The first kappa shape index (κ1) is 56.3. The van der Waals surface area contributed by atoms with E-state index in [-0.39, 0.29) is 5.82 Å². The van der Waals surface area contributed by atoms with Gasteiger partial charge in [0.2, 0.25) is 0 Å². The van der Waals surface area contributed by atoms with Crippen LogP contribution in [0.5, 0.6) is 0 Å². The summed E-state index contributed by atoms with van der Waals surface area (Å²) in [6.45, 7) is 2.18. The highest BCUT2D eigenvalue weighted by atomic mass is 19.1. The highest BCUT2D eigenvalue weighted by Gasteiger charge is 2.24. The van der Waals surface area contributed by atoms with Gasteiger partial charge in [-0.15, -0.1) is 0 Å². The fourth-order valence-electron chi connectivity index (χ4n) is 16.2. The fraction of sp³-hybridized carbons (Fsp3) is 0.0208. The number of hydrogen-bond acceptors (Lipinski definition) is 0. The molecule has 1 heteroatoms. The minimum absolute atomic E-state index is 0.248. The van der Waals surface area contributed by atoms with E-state index in [4.69, 9.17) is 0 Å². The van der Waals surface area contributed by atoms with Crippen LogP contribution < -0.4 is 0 Å². The van der Waals surface area contributed by atoms with Crippen LogP contribution in [-0.4, -0.2) is 0 Å². The van der Waals surface area contributed by atoms with Crippen molar-refractivity contribution in [2.75, 3.05) is 0 Å². The Labute approximate surface area is 562 Å². The van der Waals surface area contributed by atoms with Crippen LogP contribution in [-0.2, 0) is 6.42 Å². The van der Waals surface area contributed by atoms with E-state index >= 15 is 0 Å². The molecule has 19 aromatic carbocycles. The quantitative estimate of drug-likeness (QED) is 0.0998. The van der Waals surface area contributed by atoms with Gasteiger partial charge in [-0.2, -0.15) is 0 Å². The Bertz CT molecular complexity index is 6480. The van der Waals surface area contributed by atoms with Crippen LogP contribution in [0.4, 0.5) is 4.39 Å². The summed E-state index contributed by atoms with van der Waals surface area (Å²) in [7, 11) is 0. The molecule has 0 amide bonds. The average molecular weight is 1230 g/mol. The molecule has 0 atom stereocenters. The highest BCUT2D eigenvalue weighted by molar-refractivity contribution is 6.26. The van der Waals surface area contributed by atoms with Crippen LogP contribution in [0.3, 0.4) is 0 Å². The molecule has 97 heavy (non-hydrogen) atoms. The molecule has 0 saturated heterocycles. The van der Waals surface area contributed by atoms with E-state index in [1.54, 1.807) is 12.1 Å². The maximum absolute atomic E-state index is 14.6. The highest BCUT2D eigenvalue weighted by Crippen LogP contribution is 2.51. The molecule has 19 aromatic rings. The van der Waals surface area contributed by atoms with Gasteiger partial charge in [-0.05, 0) is 246 Å². The first-order valence-corrected chi connectivity index (χ1v) is 33.7. The van der Waals surface area contributed by atoms with Gasteiger partial charge in [0.25, 0.3) is 0 Å². The van der Waals surface area contributed by atoms with E-state index in [1.807, 2.05) is 12.1 Å². The van der Waals surface area contributed by atoms with E-state index in [0.29, 0.717) is 0 Å². The van der Waals surface area contributed by atoms with Gasteiger partial charge in [-0.1, -0.05) is 309 Å². The number of halogens is 1. The van der Waals surface area contributed by atoms with Gasteiger partial charge in [0.1, 0.15) is 5.82 Å². The lowest BCUT2D eigenvalue weighted by Gasteiger charge is -2.22. The van der Waals surface area contributed by atoms with Crippen molar-refractivity contribution >= 4 is 108 Å². The summed E-state index contributed by atoms with van der Waals surface area (Å²) in [4.78, 5) is 0. The zero-order valence-corrected chi connectivity index (χ0v) is 53.4. The van der Waals surface area contributed by atoms with Crippen molar-refractivity contribution in [3.05, 3.63) is 362 Å².